The maximum atomic E-state index is 13.0. The number of rotatable bonds is 5. The van der Waals surface area contributed by atoms with Gasteiger partial charge in [0.15, 0.2) is 0 Å². The number of fused-ring (bicyclic) bond motifs is 1. The zero-order chi connectivity index (χ0) is 24.7. The minimum absolute atomic E-state index is 0.0508. The third-order valence-corrected chi connectivity index (χ3v) is 7.32. The van der Waals surface area contributed by atoms with Gasteiger partial charge in [0.2, 0.25) is 17.7 Å². The van der Waals surface area contributed by atoms with Crippen molar-refractivity contribution in [2.24, 2.45) is 23.7 Å². The van der Waals surface area contributed by atoms with Crippen LogP contribution in [0, 0.1) is 23.7 Å². The Morgan fingerprint density at radius 1 is 0.914 bits per heavy atom. The largest absolute Gasteiger partial charge is 0.497 e. The number of benzene rings is 2. The van der Waals surface area contributed by atoms with Gasteiger partial charge in [-0.2, -0.15) is 0 Å². The molecule has 2 aliphatic heterocycles. The lowest BCUT2D eigenvalue weighted by atomic mass is 9.76. The van der Waals surface area contributed by atoms with Crippen LogP contribution in [-0.2, 0) is 19.2 Å². The molecule has 2 aromatic rings. The average Bonchev–Trinajstić information content (AvgIpc) is 3.36. The Kier molecular flexibility index (Phi) is 6.05. The van der Waals surface area contributed by atoms with Crippen LogP contribution in [0.5, 0.6) is 11.5 Å². The molecule has 5 rings (SSSR count). The van der Waals surface area contributed by atoms with E-state index in [-0.39, 0.29) is 48.3 Å². The van der Waals surface area contributed by atoms with Crippen molar-refractivity contribution in [1.82, 2.24) is 0 Å². The summed E-state index contributed by atoms with van der Waals surface area (Å²) in [6.07, 6.45) is 2.44. The summed E-state index contributed by atoms with van der Waals surface area (Å²) < 4.78 is 10.7. The minimum atomic E-state index is -0.618. The molecule has 8 heteroatoms. The lowest BCUT2D eigenvalue weighted by molar-refractivity contribution is -0.139. The van der Waals surface area contributed by atoms with Crippen molar-refractivity contribution in [3.05, 3.63) is 48.5 Å². The molecule has 3 aliphatic rings. The number of methoxy groups -OCH3 is 1. The highest BCUT2D eigenvalue weighted by atomic mass is 16.5. The molecule has 0 radical (unpaired) electrons. The van der Waals surface area contributed by atoms with E-state index in [9.17, 15) is 19.2 Å². The SMILES string of the molecule is COc1ccc(N2C[C@H](C(=O)Oc3cccc(N4C(=O)[C@@H]5CC[C@H](C)C[C@H]5C4=O)c3)CC2=O)cc1. The third-order valence-electron chi connectivity index (χ3n) is 7.32. The Bertz CT molecular complexity index is 1180. The minimum Gasteiger partial charge on any atom is -0.497 e. The highest BCUT2D eigenvalue weighted by Crippen LogP contribution is 2.42. The summed E-state index contributed by atoms with van der Waals surface area (Å²) in [5.74, 6) is -0.835. The summed E-state index contributed by atoms with van der Waals surface area (Å²) in [6.45, 7) is 2.33. The number of imide groups is 1. The van der Waals surface area contributed by atoms with Gasteiger partial charge in [-0.3, -0.25) is 19.2 Å². The molecule has 3 amide bonds. The van der Waals surface area contributed by atoms with Crippen LogP contribution in [0.15, 0.2) is 48.5 Å². The van der Waals surface area contributed by atoms with Crippen LogP contribution in [0.1, 0.15) is 32.6 Å². The summed E-state index contributed by atoms with van der Waals surface area (Å²) in [4.78, 5) is 54.3. The van der Waals surface area contributed by atoms with Crippen LogP contribution >= 0.6 is 0 Å². The van der Waals surface area contributed by atoms with Gasteiger partial charge < -0.3 is 14.4 Å². The highest BCUT2D eigenvalue weighted by molar-refractivity contribution is 6.22. The summed E-state index contributed by atoms with van der Waals surface area (Å²) in [5, 5.41) is 0. The average molecular weight is 477 g/mol. The fourth-order valence-corrected chi connectivity index (χ4v) is 5.41. The highest BCUT2D eigenvalue weighted by Gasteiger charge is 2.50. The first kappa shape index (κ1) is 23.1. The van der Waals surface area contributed by atoms with E-state index in [2.05, 4.69) is 6.92 Å². The van der Waals surface area contributed by atoms with Crippen molar-refractivity contribution in [2.75, 3.05) is 23.5 Å². The van der Waals surface area contributed by atoms with Crippen molar-refractivity contribution in [3.8, 4) is 11.5 Å². The number of anilines is 2. The van der Waals surface area contributed by atoms with Crippen LogP contribution in [0.4, 0.5) is 11.4 Å². The van der Waals surface area contributed by atoms with Gasteiger partial charge in [0.1, 0.15) is 11.5 Å². The van der Waals surface area contributed by atoms with Crippen LogP contribution in [-0.4, -0.2) is 37.3 Å². The zero-order valence-corrected chi connectivity index (χ0v) is 19.8. The second-order valence-corrected chi connectivity index (χ2v) is 9.66. The molecule has 35 heavy (non-hydrogen) atoms. The van der Waals surface area contributed by atoms with Crippen LogP contribution < -0.4 is 19.3 Å². The maximum absolute atomic E-state index is 13.0. The van der Waals surface area contributed by atoms with Gasteiger partial charge in [-0.25, -0.2) is 4.90 Å². The van der Waals surface area contributed by atoms with E-state index in [1.165, 1.54) is 4.90 Å². The van der Waals surface area contributed by atoms with Gasteiger partial charge in [-0.1, -0.05) is 13.0 Å². The smallest absolute Gasteiger partial charge is 0.316 e. The Labute approximate surface area is 203 Å². The second kappa shape index (κ2) is 9.17. The van der Waals surface area contributed by atoms with Crippen LogP contribution in [0.3, 0.4) is 0 Å². The van der Waals surface area contributed by atoms with Gasteiger partial charge in [-0.15, -0.1) is 0 Å². The van der Waals surface area contributed by atoms with Gasteiger partial charge >= 0.3 is 5.97 Å². The predicted octanol–water partition coefficient (Wildman–Crippen LogP) is 3.58. The lowest BCUT2D eigenvalue weighted by Crippen LogP contribution is -2.31. The Morgan fingerprint density at radius 2 is 1.66 bits per heavy atom. The molecule has 2 aromatic carbocycles. The van der Waals surface area contributed by atoms with E-state index >= 15 is 0 Å². The molecule has 0 aromatic heterocycles. The first-order valence-electron chi connectivity index (χ1n) is 12.0. The molecule has 0 N–H and O–H groups in total. The van der Waals surface area contributed by atoms with Crippen molar-refractivity contribution in [3.63, 3.8) is 0 Å². The van der Waals surface area contributed by atoms with E-state index in [0.29, 0.717) is 23.0 Å². The van der Waals surface area contributed by atoms with Gasteiger partial charge in [0, 0.05) is 24.7 Å². The number of carbonyl (C=O) groups excluding carboxylic acids is 4. The zero-order valence-electron chi connectivity index (χ0n) is 19.8. The molecule has 2 heterocycles. The fourth-order valence-electron chi connectivity index (χ4n) is 5.41. The Balaban J connectivity index is 1.27. The third kappa shape index (κ3) is 4.29. The number of hydrogen-bond acceptors (Lipinski definition) is 6. The molecule has 3 fully saturated rings. The predicted molar refractivity (Wildman–Crippen MR) is 128 cm³/mol. The van der Waals surface area contributed by atoms with E-state index in [4.69, 9.17) is 9.47 Å². The quantitative estimate of drug-likeness (QED) is 0.372. The van der Waals surface area contributed by atoms with Gasteiger partial charge in [0.05, 0.1) is 30.6 Å². The summed E-state index contributed by atoms with van der Waals surface area (Å²) in [6, 6.07) is 13.6. The number of ether oxygens (including phenoxy) is 2. The molecule has 0 bridgehead atoms. The Hall–Kier alpha value is -3.68. The second-order valence-electron chi connectivity index (χ2n) is 9.66. The maximum Gasteiger partial charge on any atom is 0.316 e. The van der Waals surface area contributed by atoms with Crippen molar-refractivity contribution in [1.29, 1.82) is 0 Å². The van der Waals surface area contributed by atoms with Crippen molar-refractivity contribution >= 4 is 35.1 Å². The molecular weight excluding hydrogens is 448 g/mol. The van der Waals surface area contributed by atoms with E-state index in [1.807, 2.05) is 0 Å². The van der Waals surface area contributed by atoms with Crippen molar-refractivity contribution in [2.45, 2.75) is 32.6 Å². The molecule has 1 saturated carbocycles. The lowest BCUT2D eigenvalue weighted by Gasteiger charge is -2.25. The van der Waals surface area contributed by atoms with E-state index < -0.39 is 11.9 Å². The summed E-state index contributed by atoms with van der Waals surface area (Å²) >= 11 is 0. The number of nitrogens with zero attached hydrogens (tertiary/aromatic N) is 2. The summed E-state index contributed by atoms with van der Waals surface area (Å²) in [7, 11) is 1.57. The van der Waals surface area contributed by atoms with Crippen LogP contribution in [0.25, 0.3) is 0 Å². The van der Waals surface area contributed by atoms with E-state index in [1.54, 1.807) is 60.5 Å². The number of hydrogen-bond donors (Lipinski definition) is 0. The molecule has 2 saturated heterocycles. The summed E-state index contributed by atoms with van der Waals surface area (Å²) in [5.41, 5.74) is 1.10. The number of amides is 3. The molecule has 0 spiro atoms. The molecular formula is C27H28N2O6. The molecule has 0 unspecified atom stereocenters. The number of esters is 1. The van der Waals surface area contributed by atoms with Gasteiger partial charge in [0.25, 0.3) is 0 Å². The molecule has 1 aliphatic carbocycles. The van der Waals surface area contributed by atoms with E-state index in [0.717, 1.165) is 19.3 Å². The topological polar surface area (TPSA) is 93.2 Å². The molecule has 4 atom stereocenters. The first-order chi connectivity index (χ1) is 16.9. The monoisotopic (exact) mass is 476 g/mol. The van der Waals surface area contributed by atoms with Crippen LogP contribution in [0.2, 0.25) is 0 Å². The molecule has 8 nitrogen and oxygen atoms in total. The fraction of sp³-hybridized carbons (Fsp3) is 0.407. The first-order valence-corrected chi connectivity index (χ1v) is 12.0. The van der Waals surface area contributed by atoms with Gasteiger partial charge in [-0.05, 0) is 61.6 Å². The normalized spacial score (nSPS) is 26.2. The Morgan fingerprint density at radius 3 is 2.40 bits per heavy atom. The molecule has 182 valence electrons. The number of carbonyl (C=O) groups is 4. The van der Waals surface area contributed by atoms with Crippen molar-refractivity contribution < 1.29 is 28.7 Å². The standard InChI is InChI=1S/C27H28N2O6/c1-16-6-11-22-23(12-16)26(32)29(25(22)31)19-4-3-5-21(14-19)35-27(33)17-13-24(30)28(15-17)18-7-9-20(34-2)10-8-18/h3-5,7-10,14,16-17,22-23H,6,11-13,15H2,1-2H3/t16-,17+,22+,23+/m0/s1.